The monoisotopic (exact) mass is 433 g/mol. The Balaban J connectivity index is 1.47. The van der Waals surface area contributed by atoms with E-state index in [9.17, 15) is 23.9 Å². The van der Waals surface area contributed by atoms with Gasteiger partial charge in [0.25, 0.3) is 17.7 Å². The third-order valence-electron chi connectivity index (χ3n) is 4.96. The maximum absolute atomic E-state index is 13.4. The first-order chi connectivity index (χ1) is 14.3. The zero-order valence-corrected chi connectivity index (χ0v) is 16.3. The van der Waals surface area contributed by atoms with Crippen molar-refractivity contribution in [1.29, 1.82) is 0 Å². The maximum atomic E-state index is 13.4. The summed E-state index contributed by atoms with van der Waals surface area (Å²) in [4.78, 5) is 38.0. The molecule has 1 atom stereocenters. The summed E-state index contributed by atoms with van der Waals surface area (Å²) < 4.78 is 18.8. The smallest absolute Gasteiger partial charge is 0.268 e. The van der Waals surface area contributed by atoms with E-state index >= 15 is 0 Å². The van der Waals surface area contributed by atoms with Crippen molar-refractivity contribution in [1.82, 2.24) is 5.32 Å². The van der Waals surface area contributed by atoms with Gasteiger partial charge in [-0.25, -0.2) is 4.39 Å². The van der Waals surface area contributed by atoms with E-state index in [2.05, 4.69) is 10.6 Å². The molecule has 0 saturated carbocycles. The number of anilines is 2. The molecule has 30 heavy (non-hydrogen) atoms. The maximum Gasteiger partial charge on any atom is 0.268 e. The highest BCUT2D eigenvalue weighted by Crippen LogP contribution is 2.35. The van der Waals surface area contributed by atoms with E-state index < -0.39 is 23.2 Å². The predicted molar refractivity (Wildman–Crippen MR) is 106 cm³/mol. The Morgan fingerprint density at radius 3 is 2.87 bits per heavy atom. The summed E-state index contributed by atoms with van der Waals surface area (Å²) in [5.41, 5.74) is -0.950. The van der Waals surface area contributed by atoms with Crippen LogP contribution < -0.4 is 20.3 Å². The van der Waals surface area contributed by atoms with Crippen LogP contribution in [0.5, 0.6) is 5.75 Å². The molecule has 1 saturated heterocycles. The van der Waals surface area contributed by atoms with E-state index in [1.165, 1.54) is 17.0 Å². The number of fused-ring (bicyclic) bond motifs is 1. The lowest BCUT2D eigenvalue weighted by Gasteiger charge is -2.24. The number of amides is 3. The van der Waals surface area contributed by atoms with E-state index in [1.807, 2.05) is 0 Å². The summed E-state index contributed by atoms with van der Waals surface area (Å²) >= 11 is 5.79. The van der Waals surface area contributed by atoms with Crippen molar-refractivity contribution in [3.63, 3.8) is 0 Å². The van der Waals surface area contributed by atoms with Crippen LogP contribution in [0.1, 0.15) is 12.0 Å². The van der Waals surface area contributed by atoms with Crippen LogP contribution in [0.2, 0.25) is 5.02 Å². The van der Waals surface area contributed by atoms with Crippen LogP contribution in [0, 0.1) is 5.82 Å². The Hall–Kier alpha value is -3.17. The Labute approximate surface area is 175 Å². The van der Waals surface area contributed by atoms with Crippen LogP contribution >= 0.6 is 11.6 Å². The fourth-order valence-electron chi connectivity index (χ4n) is 3.44. The lowest BCUT2D eigenvalue weighted by molar-refractivity contribution is -0.149. The molecule has 0 spiro atoms. The van der Waals surface area contributed by atoms with Gasteiger partial charge in [0.15, 0.2) is 6.61 Å². The minimum Gasteiger partial charge on any atom is -0.482 e. The van der Waals surface area contributed by atoms with E-state index in [4.69, 9.17) is 16.3 Å². The molecular formula is C20H17ClFN3O5. The first-order valence-corrected chi connectivity index (χ1v) is 9.48. The number of halogens is 2. The summed E-state index contributed by atoms with van der Waals surface area (Å²) in [6.07, 6.45) is -0.115. The first kappa shape index (κ1) is 20.1. The summed E-state index contributed by atoms with van der Waals surface area (Å²) in [7, 11) is 0. The van der Waals surface area contributed by atoms with Crippen LogP contribution in [-0.4, -0.2) is 41.6 Å². The van der Waals surface area contributed by atoms with Gasteiger partial charge in [0.05, 0.1) is 5.69 Å². The molecular weight excluding hydrogens is 417 g/mol. The zero-order chi connectivity index (χ0) is 21.5. The van der Waals surface area contributed by atoms with Crippen LogP contribution in [0.15, 0.2) is 36.4 Å². The summed E-state index contributed by atoms with van der Waals surface area (Å²) in [5, 5.41) is 16.0. The SMILES string of the molecule is O=C1COc2cc(N3CC[C@@](O)(C(=O)NCc4cc(F)cc(Cl)c4)C3=O)ccc2N1. The Kier molecular flexibility index (Phi) is 5.08. The van der Waals surface area contributed by atoms with Gasteiger partial charge in [-0.05, 0) is 35.9 Å². The molecule has 0 bridgehead atoms. The largest absolute Gasteiger partial charge is 0.482 e. The zero-order valence-electron chi connectivity index (χ0n) is 15.6. The highest BCUT2D eigenvalue weighted by molar-refractivity contribution is 6.30. The quantitative estimate of drug-likeness (QED) is 0.635. The number of carbonyl (C=O) groups excluding carboxylic acids is 3. The van der Waals surface area contributed by atoms with Crippen molar-refractivity contribution in [3.05, 3.63) is 52.8 Å². The van der Waals surface area contributed by atoms with Crippen LogP contribution in [0.3, 0.4) is 0 Å². The average molecular weight is 434 g/mol. The van der Waals surface area contributed by atoms with Crippen molar-refractivity contribution in [3.8, 4) is 5.75 Å². The molecule has 4 rings (SSSR count). The molecule has 8 nitrogen and oxygen atoms in total. The number of hydrogen-bond acceptors (Lipinski definition) is 5. The van der Waals surface area contributed by atoms with E-state index in [0.717, 1.165) is 6.07 Å². The molecule has 3 N–H and O–H groups in total. The van der Waals surface area contributed by atoms with Gasteiger partial charge in [-0.2, -0.15) is 0 Å². The number of benzene rings is 2. The second-order valence-corrected chi connectivity index (χ2v) is 7.48. The van der Waals surface area contributed by atoms with Gasteiger partial charge < -0.3 is 25.4 Å². The fraction of sp³-hybridized carbons (Fsp3) is 0.250. The minimum atomic E-state index is -2.25. The van der Waals surface area contributed by atoms with Crippen molar-refractivity contribution in [2.45, 2.75) is 18.6 Å². The van der Waals surface area contributed by atoms with Crippen molar-refractivity contribution >= 4 is 40.7 Å². The van der Waals surface area contributed by atoms with Gasteiger partial charge in [0.2, 0.25) is 5.60 Å². The van der Waals surface area contributed by atoms with Crippen molar-refractivity contribution < 1.29 is 28.6 Å². The predicted octanol–water partition coefficient (Wildman–Crippen LogP) is 1.59. The lowest BCUT2D eigenvalue weighted by atomic mass is 10.0. The number of nitrogens with zero attached hydrogens (tertiary/aromatic N) is 1. The van der Waals surface area contributed by atoms with Gasteiger partial charge in [0, 0.05) is 36.3 Å². The van der Waals surface area contributed by atoms with Crippen molar-refractivity contribution in [2.75, 3.05) is 23.4 Å². The van der Waals surface area contributed by atoms with E-state index in [-0.39, 0.29) is 37.0 Å². The normalized spacial score (nSPS) is 20.4. The molecule has 2 aliphatic rings. The second kappa shape index (κ2) is 7.58. The van der Waals surface area contributed by atoms with Gasteiger partial charge in [-0.1, -0.05) is 11.6 Å². The van der Waals surface area contributed by atoms with Crippen LogP contribution in [0.25, 0.3) is 0 Å². The molecule has 156 valence electrons. The standard InChI is InChI=1S/C20H17ClFN3O5/c21-12-5-11(6-13(22)7-12)9-23-18(27)20(29)3-4-25(19(20)28)14-1-2-15-16(8-14)30-10-17(26)24-15/h1-2,5-8,29H,3-4,9-10H2,(H,23,27)(H,24,26)/t20-/m1/s1. The van der Waals surface area contributed by atoms with Crippen LogP contribution in [-0.2, 0) is 20.9 Å². The fourth-order valence-corrected chi connectivity index (χ4v) is 3.68. The minimum absolute atomic E-state index is 0.0989. The Morgan fingerprint density at radius 1 is 1.30 bits per heavy atom. The van der Waals surface area contributed by atoms with Gasteiger partial charge >= 0.3 is 0 Å². The molecule has 0 unspecified atom stereocenters. The third-order valence-corrected chi connectivity index (χ3v) is 5.18. The number of rotatable bonds is 4. The molecule has 3 amide bonds. The Bertz CT molecular complexity index is 1040. The molecule has 0 aromatic heterocycles. The molecule has 2 aromatic carbocycles. The first-order valence-electron chi connectivity index (χ1n) is 9.10. The molecule has 0 aliphatic carbocycles. The van der Waals surface area contributed by atoms with Gasteiger partial charge in [0.1, 0.15) is 11.6 Å². The number of hydrogen-bond donors (Lipinski definition) is 3. The second-order valence-electron chi connectivity index (χ2n) is 7.04. The number of ether oxygens (including phenoxy) is 1. The molecule has 1 fully saturated rings. The van der Waals surface area contributed by atoms with E-state index in [1.54, 1.807) is 18.2 Å². The summed E-state index contributed by atoms with van der Waals surface area (Å²) in [6, 6.07) is 8.54. The molecule has 10 heteroatoms. The van der Waals surface area contributed by atoms with E-state index in [0.29, 0.717) is 22.7 Å². The topological polar surface area (TPSA) is 108 Å². The number of aliphatic hydroxyl groups is 1. The van der Waals surface area contributed by atoms with Crippen LogP contribution in [0.4, 0.5) is 15.8 Å². The third kappa shape index (κ3) is 3.69. The summed E-state index contributed by atoms with van der Waals surface area (Å²) in [6.45, 7) is -0.126. The number of nitrogens with one attached hydrogen (secondary N) is 2. The van der Waals surface area contributed by atoms with Gasteiger partial charge in [-0.3, -0.25) is 14.4 Å². The highest BCUT2D eigenvalue weighted by Gasteiger charge is 2.51. The number of carbonyl (C=O) groups is 3. The molecule has 2 aromatic rings. The Morgan fingerprint density at radius 2 is 2.10 bits per heavy atom. The lowest BCUT2D eigenvalue weighted by Crippen LogP contribution is -2.52. The average Bonchev–Trinajstić information content (AvgIpc) is 3.01. The van der Waals surface area contributed by atoms with Crippen molar-refractivity contribution in [2.24, 2.45) is 0 Å². The molecule has 2 heterocycles. The summed E-state index contributed by atoms with van der Waals surface area (Å²) in [5.74, 6) is -2.10. The van der Waals surface area contributed by atoms with Gasteiger partial charge in [-0.15, -0.1) is 0 Å². The molecule has 0 radical (unpaired) electrons. The highest BCUT2D eigenvalue weighted by atomic mass is 35.5. The molecule has 2 aliphatic heterocycles.